The molecule has 0 unspecified atom stereocenters. The summed E-state index contributed by atoms with van der Waals surface area (Å²) in [7, 11) is 0. The summed E-state index contributed by atoms with van der Waals surface area (Å²) in [6, 6.07) is 5.58. The van der Waals surface area contributed by atoms with E-state index in [1.54, 1.807) is 11.0 Å². The average molecular weight is 357 g/mol. The van der Waals surface area contributed by atoms with Crippen LogP contribution in [0.1, 0.15) is 31.2 Å². The summed E-state index contributed by atoms with van der Waals surface area (Å²) in [6.07, 6.45) is 3.32. The van der Waals surface area contributed by atoms with Crippen molar-refractivity contribution < 1.29 is 14.0 Å². The number of aromatic nitrogens is 1. The Hall–Kier alpha value is -2.57. The van der Waals surface area contributed by atoms with Crippen molar-refractivity contribution in [1.82, 2.24) is 14.4 Å². The third-order valence-electron chi connectivity index (χ3n) is 5.42. The lowest BCUT2D eigenvalue weighted by Crippen LogP contribution is -2.51. The first-order valence-electron chi connectivity index (χ1n) is 9.20. The Labute approximate surface area is 151 Å². The minimum atomic E-state index is -0.512. The SMILES string of the molecule is Cc1ccc2oc(=O)n(CC(=O)N3CCC[C@H](N4CCCC4=O)C3)c2c1. The fourth-order valence-corrected chi connectivity index (χ4v) is 4.05. The molecule has 0 spiro atoms. The van der Waals surface area contributed by atoms with E-state index in [0.717, 1.165) is 31.4 Å². The summed E-state index contributed by atoms with van der Waals surface area (Å²) < 4.78 is 6.64. The number of piperidine rings is 1. The minimum absolute atomic E-state index is 0.0318. The van der Waals surface area contributed by atoms with Crippen molar-refractivity contribution in [3.63, 3.8) is 0 Å². The van der Waals surface area contributed by atoms with Crippen LogP contribution in [0.4, 0.5) is 0 Å². The lowest BCUT2D eigenvalue weighted by molar-refractivity contribution is -0.137. The third kappa shape index (κ3) is 3.02. The van der Waals surface area contributed by atoms with E-state index in [9.17, 15) is 14.4 Å². The molecule has 1 aromatic heterocycles. The van der Waals surface area contributed by atoms with Gasteiger partial charge in [0.25, 0.3) is 0 Å². The molecule has 7 heteroatoms. The number of fused-ring (bicyclic) bond motifs is 1. The molecule has 2 saturated heterocycles. The number of carbonyl (C=O) groups is 2. The highest BCUT2D eigenvalue weighted by Gasteiger charge is 2.33. The normalized spacial score (nSPS) is 21.0. The largest absolute Gasteiger partial charge is 0.420 e. The van der Waals surface area contributed by atoms with Crippen molar-refractivity contribution in [3.8, 4) is 0 Å². The molecular formula is C19H23N3O4. The molecular weight excluding hydrogens is 334 g/mol. The van der Waals surface area contributed by atoms with E-state index in [4.69, 9.17) is 4.42 Å². The number of nitrogens with zero attached hydrogens (tertiary/aromatic N) is 3. The van der Waals surface area contributed by atoms with Crippen LogP contribution in [-0.4, -0.2) is 51.9 Å². The standard InChI is InChI=1S/C19H23N3O4/c1-13-6-7-16-15(10-13)22(19(25)26-16)12-18(24)20-8-2-4-14(11-20)21-9-3-5-17(21)23/h6-7,10,14H,2-5,8-9,11-12H2,1H3/t14-/m0/s1. The van der Waals surface area contributed by atoms with Crippen LogP contribution in [0.15, 0.2) is 27.4 Å². The van der Waals surface area contributed by atoms with Crippen LogP contribution in [0.25, 0.3) is 11.1 Å². The average Bonchev–Trinajstić information content (AvgIpc) is 3.19. The van der Waals surface area contributed by atoms with Crippen LogP contribution in [0.2, 0.25) is 0 Å². The van der Waals surface area contributed by atoms with Crippen molar-refractivity contribution >= 4 is 22.9 Å². The predicted molar refractivity (Wildman–Crippen MR) is 95.8 cm³/mol. The zero-order chi connectivity index (χ0) is 18.3. The van der Waals surface area contributed by atoms with E-state index in [0.29, 0.717) is 30.6 Å². The molecule has 2 aliphatic heterocycles. The second kappa shape index (κ2) is 6.63. The maximum atomic E-state index is 12.8. The summed E-state index contributed by atoms with van der Waals surface area (Å²) in [5.41, 5.74) is 2.14. The maximum Gasteiger partial charge on any atom is 0.420 e. The Kier molecular flexibility index (Phi) is 4.30. The molecule has 7 nitrogen and oxygen atoms in total. The van der Waals surface area contributed by atoms with Gasteiger partial charge in [0.1, 0.15) is 6.54 Å². The molecule has 2 fully saturated rings. The lowest BCUT2D eigenvalue weighted by Gasteiger charge is -2.37. The molecule has 4 rings (SSSR count). The van der Waals surface area contributed by atoms with Crippen LogP contribution < -0.4 is 5.76 Å². The van der Waals surface area contributed by atoms with E-state index in [1.165, 1.54) is 4.57 Å². The second-order valence-electron chi connectivity index (χ2n) is 7.25. The van der Waals surface area contributed by atoms with Crippen LogP contribution in [-0.2, 0) is 16.1 Å². The number of hydrogen-bond donors (Lipinski definition) is 0. The molecule has 2 aromatic rings. The third-order valence-corrected chi connectivity index (χ3v) is 5.42. The summed E-state index contributed by atoms with van der Waals surface area (Å²) in [4.78, 5) is 40.7. The minimum Gasteiger partial charge on any atom is -0.408 e. The molecule has 1 atom stereocenters. The molecule has 0 saturated carbocycles. The van der Waals surface area contributed by atoms with Gasteiger partial charge in [0.2, 0.25) is 11.8 Å². The van der Waals surface area contributed by atoms with E-state index in [-0.39, 0.29) is 24.4 Å². The molecule has 0 aliphatic carbocycles. The molecule has 0 radical (unpaired) electrons. The summed E-state index contributed by atoms with van der Waals surface area (Å²) in [5, 5.41) is 0. The van der Waals surface area contributed by atoms with Crippen molar-refractivity contribution in [2.75, 3.05) is 19.6 Å². The molecule has 2 aliphatic rings. The molecule has 138 valence electrons. The van der Waals surface area contributed by atoms with E-state index in [2.05, 4.69) is 0 Å². The molecule has 0 N–H and O–H groups in total. The Balaban J connectivity index is 1.51. The van der Waals surface area contributed by atoms with Gasteiger partial charge in [-0.15, -0.1) is 0 Å². The van der Waals surface area contributed by atoms with Crippen LogP contribution >= 0.6 is 0 Å². The molecule has 0 bridgehead atoms. The Morgan fingerprint density at radius 2 is 2.08 bits per heavy atom. The van der Waals surface area contributed by atoms with Gasteiger partial charge in [0.15, 0.2) is 5.58 Å². The highest BCUT2D eigenvalue weighted by Crippen LogP contribution is 2.22. The van der Waals surface area contributed by atoms with Crippen molar-refractivity contribution in [2.45, 2.75) is 45.2 Å². The van der Waals surface area contributed by atoms with E-state index >= 15 is 0 Å². The van der Waals surface area contributed by atoms with Crippen molar-refractivity contribution in [3.05, 3.63) is 34.3 Å². The molecule has 2 amide bonds. The summed E-state index contributed by atoms with van der Waals surface area (Å²) in [5.74, 6) is -0.424. The number of likely N-dealkylation sites (tertiary alicyclic amines) is 2. The van der Waals surface area contributed by atoms with Gasteiger partial charge in [-0.2, -0.15) is 0 Å². The van der Waals surface area contributed by atoms with Crippen LogP contribution in [0.3, 0.4) is 0 Å². The van der Waals surface area contributed by atoms with Crippen molar-refractivity contribution in [1.29, 1.82) is 0 Å². The maximum absolute atomic E-state index is 12.8. The predicted octanol–water partition coefficient (Wildman–Crippen LogP) is 1.52. The van der Waals surface area contributed by atoms with Gasteiger partial charge in [-0.25, -0.2) is 4.79 Å². The first-order chi connectivity index (χ1) is 12.5. The van der Waals surface area contributed by atoms with Gasteiger partial charge in [-0.05, 0) is 43.9 Å². The van der Waals surface area contributed by atoms with Crippen LogP contribution in [0.5, 0.6) is 0 Å². The Morgan fingerprint density at radius 3 is 2.85 bits per heavy atom. The molecule has 3 heterocycles. The fraction of sp³-hybridized carbons (Fsp3) is 0.526. The lowest BCUT2D eigenvalue weighted by atomic mass is 10.0. The van der Waals surface area contributed by atoms with Gasteiger partial charge in [-0.3, -0.25) is 14.2 Å². The first-order valence-corrected chi connectivity index (χ1v) is 9.20. The summed E-state index contributed by atoms with van der Waals surface area (Å²) >= 11 is 0. The number of hydrogen-bond acceptors (Lipinski definition) is 4. The smallest absolute Gasteiger partial charge is 0.408 e. The first kappa shape index (κ1) is 16.9. The van der Waals surface area contributed by atoms with Gasteiger partial charge in [-0.1, -0.05) is 6.07 Å². The van der Waals surface area contributed by atoms with E-state index in [1.807, 2.05) is 24.0 Å². The molecule has 26 heavy (non-hydrogen) atoms. The van der Waals surface area contributed by atoms with Crippen LogP contribution in [0, 0.1) is 6.92 Å². The number of benzene rings is 1. The quantitative estimate of drug-likeness (QED) is 0.835. The van der Waals surface area contributed by atoms with Gasteiger partial charge in [0, 0.05) is 32.1 Å². The Morgan fingerprint density at radius 1 is 1.23 bits per heavy atom. The van der Waals surface area contributed by atoms with Gasteiger partial charge < -0.3 is 14.2 Å². The van der Waals surface area contributed by atoms with E-state index < -0.39 is 5.76 Å². The fourth-order valence-electron chi connectivity index (χ4n) is 4.05. The number of rotatable bonds is 3. The monoisotopic (exact) mass is 357 g/mol. The summed E-state index contributed by atoms with van der Waals surface area (Å²) in [6.45, 7) is 3.91. The second-order valence-corrected chi connectivity index (χ2v) is 7.25. The van der Waals surface area contributed by atoms with Gasteiger partial charge >= 0.3 is 5.76 Å². The topological polar surface area (TPSA) is 75.8 Å². The highest BCUT2D eigenvalue weighted by atomic mass is 16.4. The van der Waals surface area contributed by atoms with Gasteiger partial charge in [0.05, 0.1) is 5.52 Å². The molecule has 1 aromatic carbocycles. The number of carbonyl (C=O) groups excluding carboxylic acids is 2. The zero-order valence-corrected chi connectivity index (χ0v) is 14.9. The number of oxazole rings is 1. The number of amides is 2. The zero-order valence-electron chi connectivity index (χ0n) is 14.9. The highest BCUT2D eigenvalue weighted by molar-refractivity contribution is 5.81. The Bertz CT molecular complexity index is 913. The van der Waals surface area contributed by atoms with Crippen molar-refractivity contribution in [2.24, 2.45) is 0 Å². The number of aryl methyl sites for hydroxylation is 1.